The SMILES string of the molecule is Cc1nn(C)c(C(=O)NCc2cccc(Cl)c2)c1N. The quantitative estimate of drug-likeness (QED) is 0.900. The Labute approximate surface area is 116 Å². The van der Waals surface area contributed by atoms with E-state index in [-0.39, 0.29) is 5.91 Å². The first-order valence-corrected chi connectivity index (χ1v) is 6.18. The summed E-state index contributed by atoms with van der Waals surface area (Å²) in [4.78, 5) is 12.1. The van der Waals surface area contributed by atoms with Crippen molar-refractivity contribution in [2.24, 2.45) is 7.05 Å². The molecule has 1 amide bonds. The average Bonchev–Trinajstić information content (AvgIpc) is 2.61. The van der Waals surface area contributed by atoms with Crippen molar-refractivity contribution in [1.29, 1.82) is 0 Å². The van der Waals surface area contributed by atoms with Crippen LogP contribution in [0.5, 0.6) is 0 Å². The molecule has 6 heteroatoms. The molecular formula is C13H15ClN4O. The van der Waals surface area contributed by atoms with Gasteiger partial charge in [0.15, 0.2) is 0 Å². The van der Waals surface area contributed by atoms with Crippen molar-refractivity contribution in [3.8, 4) is 0 Å². The zero-order chi connectivity index (χ0) is 14.0. The van der Waals surface area contributed by atoms with Gasteiger partial charge < -0.3 is 11.1 Å². The van der Waals surface area contributed by atoms with Crippen LogP contribution in [0.2, 0.25) is 5.02 Å². The summed E-state index contributed by atoms with van der Waals surface area (Å²) in [5.74, 6) is -0.249. The second-order valence-corrected chi connectivity index (χ2v) is 4.72. The lowest BCUT2D eigenvalue weighted by atomic mass is 10.2. The topological polar surface area (TPSA) is 72.9 Å². The van der Waals surface area contributed by atoms with Gasteiger partial charge in [-0.25, -0.2) is 0 Å². The van der Waals surface area contributed by atoms with E-state index in [9.17, 15) is 4.79 Å². The Hall–Kier alpha value is -2.01. The maximum Gasteiger partial charge on any atom is 0.271 e. The van der Waals surface area contributed by atoms with Crippen LogP contribution in [-0.4, -0.2) is 15.7 Å². The molecule has 1 heterocycles. The number of amides is 1. The van der Waals surface area contributed by atoms with Crippen molar-refractivity contribution >= 4 is 23.2 Å². The van der Waals surface area contributed by atoms with Crippen LogP contribution >= 0.6 is 11.6 Å². The summed E-state index contributed by atoms with van der Waals surface area (Å²) >= 11 is 5.88. The molecule has 0 aliphatic carbocycles. The molecule has 0 radical (unpaired) electrons. The minimum absolute atomic E-state index is 0.249. The molecule has 19 heavy (non-hydrogen) atoms. The fourth-order valence-electron chi connectivity index (χ4n) is 1.86. The summed E-state index contributed by atoms with van der Waals surface area (Å²) in [6.07, 6.45) is 0. The molecule has 100 valence electrons. The van der Waals surface area contributed by atoms with Gasteiger partial charge in [0, 0.05) is 18.6 Å². The van der Waals surface area contributed by atoms with Gasteiger partial charge in [0.2, 0.25) is 0 Å². The highest BCUT2D eigenvalue weighted by Crippen LogP contribution is 2.15. The van der Waals surface area contributed by atoms with Crippen LogP contribution in [0.15, 0.2) is 24.3 Å². The van der Waals surface area contributed by atoms with Gasteiger partial charge in [0.25, 0.3) is 5.91 Å². The standard InChI is InChI=1S/C13H15ClN4O/c1-8-11(15)12(18(2)17-8)13(19)16-7-9-4-3-5-10(14)6-9/h3-6H,7,15H2,1-2H3,(H,16,19). The van der Waals surface area contributed by atoms with Gasteiger partial charge in [-0.2, -0.15) is 5.10 Å². The molecule has 0 saturated carbocycles. The van der Waals surface area contributed by atoms with Gasteiger partial charge in [0.1, 0.15) is 5.69 Å². The summed E-state index contributed by atoms with van der Waals surface area (Å²) in [6, 6.07) is 7.32. The molecule has 5 nitrogen and oxygen atoms in total. The Balaban J connectivity index is 2.10. The van der Waals surface area contributed by atoms with E-state index in [0.717, 1.165) is 5.56 Å². The third-order valence-corrected chi connectivity index (χ3v) is 3.06. The van der Waals surface area contributed by atoms with Crippen LogP contribution in [0.1, 0.15) is 21.7 Å². The molecule has 0 aliphatic rings. The van der Waals surface area contributed by atoms with Crippen LogP contribution < -0.4 is 11.1 Å². The third-order valence-electron chi connectivity index (χ3n) is 2.83. The first kappa shape index (κ1) is 13.4. The molecule has 1 aromatic heterocycles. The second kappa shape index (κ2) is 5.32. The molecule has 0 spiro atoms. The van der Waals surface area contributed by atoms with Gasteiger partial charge in [-0.3, -0.25) is 9.48 Å². The van der Waals surface area contributed by atoms with Gasteiger partial charge >= 0.3 is 0 Å². The van der Waals surface area contributed by atoms with Crippen LogP contribution in [0.4, 0.5) is 5.69 Å². The lowest BCUT2D eigenvalue weighted by Gasteiger charge is -2.06. The summed E-state index contributed by atoms with van der Waals surface area (Å²) in [6.45, 7) is 2.16. The van der Waals surface area contributed by atoms with E-state index in [1.54, 1.807) is 26.1 Å². The first-order chi connectivity index (χ1) is 8.99. The number of halogens is 1. The van der Waals surface area contributed by atoms with E-state index in [0.29, 0.717) is 28.6 Å². The first-order valence-electron chi connectivity index (χ1n) is 5.80. The monoisotopic (exact) mass is 278 g/mol. The number of nitrogens with zero attached hydrogens (tertiary/aromatic N) is 2. The predicted octanol–water partition coefficient (Wildman–Crippen LogP) is 1.89. The van der Waals surface area contributed by atoms with E-state index in [1.807, 2.05) is 12.1 Å². The van der Waals surface area contributed by atoms with E-state index in [1.165, 1.54) is 4.68 Å². The van der Waals surface area contributed by atoms with Crippen LogP contribution in [0.3, 0.4) is 0 Å². The maximum absolute atomic E-state index is 12.1. The van der Waals surface area contributed by atoms with Crippen molar-refractivity contribution in [2.45, 2.75) is 13.5 Å². The lowest BCUT2D eigenvalue weighted by molar-refractivity contribution is 0.0942. The molecule has 3 N–H and O–H groups in total. The highest BCUT2D eigenvalue weighted by atomic mass is 35.5. The predicted molar refractivity (Wildman–Crippen MR) is 75.0 cm³/mol. The number of benzene rings is 1. The molecule has 0 saturated heterocycles. The number of carbonyl (C=O) groups is 1. The van der Waals surface area contributed by atoms with Crippen LogP contribution in [0, 0.1) is 6.92 Å². The van der Waals surface area contributed by atoms with Crippen molar-refractivity contribution in [3.05, 3.63) is 46.2 Å². The van der Waals surface area contributed by atoms with Crippen LogP contribution in [-0.2, 0) is 13.6 Å². The number of nitrogens with one attached hydrogen (secondary N) is 1. The summed E-state index contributed by atoms with van der Waals surface area (Å²) in [7, 11) is 1.69. The fourth-order valence-corrected chi connectivity index (χ4v) is 2.07. The Kier molecular flexibility index (Phi) is 3.76. The van der Waals surface area contributed by atoms with E-state index in [4.69, 9.17) is 17.3 Å². The molecule has 1 aromatic carbocycles. The van der Waals surface area contributed by atoms with Crippen molar-refractivity contribution in [3.63, 3.8) is 0 Å². The van der Waals surface area contributed by atoms with Crippen LogP contribution in [0.25, 0.3) is 0 Å². The summed E-state index contributed by atoms with van der Waals surface area (Å²) in [5, 5.41) is 7.55. The number of aryl methyl sites for hydroxylation is 2. The highest BCUT2D eigenvalue weighted by Gasteiger charge is 2.17. The molecule has 2 aromatic rings. The number of hydrogen-bond donors (Lipinski definition) is 2. The minimum Gasteiger partial charge on any atom is -0.395 e. The van der Waals surface area contributed by atoms with Gasteiger partial charge in [-0.05, 0) is 24.6 Å². The Morgan fingerprint density at radius 2 is 2.26 bits per heavy atom. The normalized spacial score (nSPS) is 10.5. The molecule has 0 unspecified atom stereocenters. The van der Waals surface area contributed by atoms with E-state index in [2.05, 4.69) is 10.4 Å². The highest BCUT2D eigenvalue weighted by molar-refractivity contribution is 6.30. The molecule has 0 bridgehead atoms. The minimum atomic E-state index is -0.249. The summed E-state index contributed by atoms with van der Waals surface area (Å²) < 4.78 is 1.48. The third kappa shape index (κ3) is 2.88. The molecule has 2 rings (SSSR count). The smallest absolute Gasteiger partial charge is 0.271 e. The fraction of sp³-hybridized carbons (Fsp3) is 0.231. The number of nitrogens with two attached hydrogens (primary N) is 1. The van der Waals surface area contributed by atoms with E-state index < -0.39 is 0 Å². The zero-order valence-electron chi connectivity index (χ0n) is 10.8. The zero-order valence-corrected chi connectivity index (χ0v) is 11.5. The van der Waals surface area contributed by atoms with Gasteiger partial charge in [-0.1, -0.05) is 23.7 Å². The summed E-state index contributed by atoms with van der Waals surface area (Å²) in [5.41, 5.74) is 8.19. The number of anilines is 1. The number of hydrogen-bond acceptors (Lipinski definition) is 3. The Morgan fingerprint density at radius 3 is 2.84 bits per heavy atom. The van der Waals surface area contributed by atoms with E-state index >= 15 is 0 Å². The molecule has 0 atom stereocenters. The number of carbonyl (C=O) groups excluding carboxylic acids is 1. The number of aromatic nitrogens is 2. The number of rotatable bonds is 3. The Morgan fingerprint density at radius 1 is 1.53 bits per heavy atom. The molecular weight excluding hydrogens is 264 g/mol. The Bertz CT molecular complexity index is 621. The lowest BCUT2D eigenvalue weighted by Crippen LogP contribution is -2.26. The largest absolute Gasteiger partial charge is 0.395 e. The van der Waals surface area contributed by atoms with Gasteiger partial charge in [-0.15, -0.1) is 0 Å². The molecule has 0 fully saturated rings. The van der Waals surface area contributed by atoms with Crippen molar-refractivity contribution in [2.75, 3.05) is 5.73 Å². The second-order valence-electron chi connectivity index (χ2n) is 4.28. The van der Waals surface area contributed by atoms with Crippen molar-refractivity contribution < 1.29 is 4.79 Å². The average molecular weight is 279 g/mol. The molecule has 0 aliphatic heterocycles. The maximum atomic E-state index is 12.1. The number of nitrogen functional groups attached to an aromatic ring is 1. The van der Waals surface area contributed by atoms with Gasteiger partial charge in [0.05, 0.1) is 11.4 Å². The van der Waals surface area contributed by atoms with Crippen molar-refractivity contribution in [1.82, 2.24) is 15.1 Å².